The Hall–Kier alpha value is -3.58. The average Bonchev–Trinajstić information content (AvgIpc) is 2.81. The van der Waals surface area contributed by atoms with Crippen LogP contribution < -0.4 is 4.90 Å². The number of carbonyl (C=O) groups is 2. The molecule has 5 nitrogen and oxygen atoms in total. The Kier molecular flexibility index (Phi) is 6.01. The van der Waals surface area contributed by atoms with Crippen LogP contribution in [0.25, 0.3) is 0 Å². The van der Waals surface area contributed by atoms with E-state index in [1.54, 1.807) is 47.4 Å². The van der Waals surface area contributed by atoms with Crippen LogP contribution in [0.5, 0.6) is 0 Å². The average molecular weight is 437 g/mol. The summed E-state index contributed by atoms with van der Waals surface area (Å²) in [7, 11) is 0. The summed E-state index contributed by atoms with van der Waals surface area (Å²) in [4.78, 5) is 25.8. The number of carboxylic acids is 1. The van der Waals surface area contributed by atoms with Gasteiger partial charge in [-0.1, -0.05) is 42.5 Å². The lowest BCUT2D eigenvalue weighted by atomic mass is 9.84. The minimum absolute atomic E-state index is 0.0795. The quantitative estimate of drug-likeness (QED) is 0.614. The predicted octanol–water partition coefficient (Wildman–Crippen LogP) is 4.55. The normalized spacial score (nSPS) is 18.6. The molecule has 1 atom stereocenters. The Morgan fingerprint density at radius 1 is 1.00 bits per heavy atom. The summed E-state index contributed by atoms with van der Waals surface area (Å²) < 4.78 is 33.8. The highest BCUT2D eigenvalue weighted by Crippen LogP contribution is 2.37. The maximum Gasteiger partial charge on any atom is 0.335 e. The van der Waals surface area contributed by atoms with Gasteiger partial charge in [0.05, 0.1) is 12.1 Å². The number of morpholine rings is 1. The van der Waals surface area contributed by atoms with Gasteiger partial charge in [0, 0.05) is 5.69 Å². The number of hydrogen-bond donors (Lipinski definition) is 1. The van der Waals surface area contributed by atoms with E-state index in [0.29, 0.717) is 23.2 Å². The van der Waals surface area contributed by atoms with Gasteiger partial charge in [-0.25, -0.2) is 13.6 Å². The van der Waals surface area contributed by atoms with Crippen molar-refractivity contribution in [3.05, 3.63) is 101 Å². The molecule has 0 spiro atoms. The Morgan fingerprint density at radius 3 is 2.44 bits per heavy atom. The summed E-state index contributed by atoms with van der Waals surface area (Å²) in [5, 5.41) is 9.50. The van der Waals surface area contributed by atoms with Crippen molar-refractivity contribution in [2.75, 3.05) is 18.1 Å². The van der Waals surface area contributed by atoms with Gasteiger partial charge in [0.2, 0.25) is 0 Å². The van der Waals surface area contributed by atoms with Crippen molar-refractivity contribution >= 4 is 17.6 Å². The van der Waals surface area contributed by atoms with Crippen molar-refractivity contribution in [1.29, 1.82) is 0 Å². The highest BCUT2D eigenvalue weighted by molar-refractivity contribution is 5.95. The number of benzene rings is 3. The minimum atomic E-state index is -1.15. The summed E-state index contributed by atoms with van der Waals surface area (Å²) in [5.74, 6) is -3.29. The molecule has 3 aromatic carbocycles. The van der Waals surface area contributed by atoms with Crippen molar-refractivity contribution in [1.82, 2.24) is 0 Å². The molecule has 4 rings (SSSR count). The fourth-order valence-corrected chi connectivity index (χ4v) is 4.04. The van der Waals surface area contributed by atoms with Gasteiger partial charge in [0.25, 0.3) is 5.91 Å². The van der Waals surface area contributed by atoms with Gasteiger partial charge in [-0.3, -0.25) is 4.79 Å². The molecular weight excluding hydrogens is 416 g/mol. The molecule has 164 valence electrons. The third kappa shape index (κ3) is 4.24. The predicted molar refractivity (Wildman–Crippen MR) is 115 cm³/mol. The smallest absolute Gasteiger partial charge is 0.335 e. The summed E-state index contributed by atoms with van der Waals surface area (Å²) in [6, 6.07) is 19.2. The molecule has 0 aliphatic carbocycles. The first-order chi connectivity index (χ1) is 15.4. The van der Waals surface area contributed by atoms with E-state index in [1.165, 1.54) is 12.1 Å². The van der Waals surface area contributed by atoms with E-state index in [-0.39, 0.29) is 31.0 Å². The SMILES string of the molecule is O=C(O)c1ccccc1CCC1(c2ccc(F)c(F)c2)CN(c2ccccc2)C(=O)CO1. The molecule has 7 heteroatoms. The lowest BCUT2D eigenvalue weighted by molar-refractivity contribution is -0.141. The first kappa shape index (κ1) is 21.6. The zero-order chi connectivity index (χ0) is 22.7. The molecule has 1 saturated heterocycles. The van der Waals surface area contributed by atoms with E-state index in [2.05, 4.69) is 0 Å². The van der Waals surface area contributed by atoms with Gasteiger partial charge in [-0.05, 0) is 54.3 Å². The number of ether oxygens (including phenoxy) is 1. The van der Waals surface area contributed by atoms with Crippen molar-refractivity contribution in [2.45, 2.75) is 18.4 Å². The third-order valence-electron chi connectivity index (χ3n) is 5.75. The number of aryl methyl sites for hydroxylation is 1. The van der Waals surface area contributed by atoms with Crippen molar-refractivity contribution in [2.24, 2.45) is 0 Å². The number of nitrogens with zero attached hydrogens (tertiary/aromatic N) is 1. The second kappa shape index (κ2) is 8.88. The van der Waals surface area contributed by atoms with E-state index < -0.39 is 23.2 Å². The molecule has 3 aromatic rings. The van der Waals surface area contributed by atoms with Gasteiger partial charge >= 0.3 is 5.97 Å². The molecule has 1 heterocycles. The molecule has 0 aromatic heterocycles. The van der Waals surface area contributed by atoms with Gasteiger partial charge in [-0.2, -0.15) is 0 Å². The molecule has 0 bridgehead atoms. The molecule has 0 saturated carbocycles. The van der Waals surface area contributed by atoms with Gasteiger partial charge in [0.1, 0.15) is 12.2 Å². The number of anilines is 1. The van der Waals surface area contributed by atoms with Gasteiger partial charge in [-0.15, -0.1) is 0 Å². The van der Waals surface area contributed by atoms with Crippen LogP contribution in [-0.4, -0.2) is 30.1 Å². The molecule has 1 fully saturated rings. The van der Waals surface area contributed by atoms with E-state index in [9.17, 15) is 23.5 Å². The third-order valence-corrected chi connectivity index (χ3v) is 5.75. The zero-order valence-corrected chi connectivity index (χ0v) is 17.1. The van der Waals surface area contributed by atoms with Crippen LogP contribution in [0.3, 0.4) is 0 Å². The Morgan fingerprint density at radius 2 is 1.72 bits per heavy atom. The summed E-state index contributed by atoms with van der Waals surface area (Å²) in [5.41, 5.74) is 0.661. The molecule has 32 heavy (non-hydrogen) atoms. The van der Waals surface area contributed by atoms with E-state index in [1.807, 2.05) is 6.07 Å². The van der Waals surface area contributed by atoms with Gasteiger partial charge in [0.15, 0.2) is 11.6 Å². The first-order valence-corrected chi connectivity index (χ1v) is 10.2. The number of rotatable bonds is 6. The van der Waals surface area contributed by atoms with Crippen LogP contribution in [0.15, 0.2) is 72.8 Å². The van der Waals surface area contributed by atoms with Crippen LogP contribution in [0.4, 0.5) is 14.5 Å². The largest absolute Gasteiger partial charge is 0.478 e. The molecule has 1 aliphatic rings. The first-order valence-electron chi connectivity index (χ1n) is 10.2. The monoisotopic (exact) mass is 437 g/mol. The van der Waals surface area contributed by atoms with E-state index >= 15 is 0 Å². The number of carboxylic acid groups (broad SMARTS) is 1. The molecule has 1 amide bonds. The van der Waals surface area contributed by atoms with Gasteiger partial charge < -0.3 is 14.7 Å². The lowest BCUT2D eigenvalue weighted by Gasteiger charge is -2.43. The molecule has 1 aliphatic heterocycles. The standard InChI is InChI=1S/C25H21F2NO4/c26-21-11-10-18(14-22(21)27)25(13-12-17-6-4-5-9-20(17)24(30)31)16-28(23(29)15-32-25)19-7-2-1-3-8-19/h1-11,14H,12-13,15-16H2,(H,30,31). The number of carbonyl (C=O) groups excluding carboxylic acids is 1. The van der Waals surface area contributed by atoms with Crippen LogP contribution in [0.2, 0.25) is 0 Å². The van der Waals surface area contributed by atoms with E-state index in [0.717, 1.165) is 12.1 Å². The molecule has 0 radical (unpaired) electrons. The minimum Gasteiger partial charge on any atom is -0.478 e. The van der Waals surface area contributed by atoms with Crippen molar-refractivity contribution < 1.29 is 28.2 Å². The topological polar surface area (TPSA) is 66.8 Å². The Bertz CT molecular complexity index is 1150. The van der Waals surface area contributed by atoms with Crippen LogP contribution >= 0.6 is 0 Å². The number of para-hydroxylation sites is 1. The lowest BCUT2D eigenvalue weighted by Crippen LogP contribution is -2.53. The summed E-state index contributed by atoms with van der Waals surface area (Å²) in [6.07, 6.45) is 0.567. The zero-order valence-electron chi connectivity index (χ0n) is 17.1. The number of amides is 1. The Balaban J connectivity index is 1.73. The molecular formula is C25H21F2NO4. The van der Waals surface area contributed by atoms with Crippen LogP contribution in [0.1, 0.15) is 27.9 Å². The molecule has 1 unspecified atom stereocenters. The van der Waals surface area contributed by atoms with Crippen molar-refractivity contribution in [3.63, 3.8) is 0 Å². The summed E-state index contributed by atoms with van der Waals surface area (Å²) in [6.45, 7) is -0.162. The fraction of sp³-hybridized carbons (Fsp3) is 0.200. The summed E-state index contributed by atoms with van der Waals surface area (Å²) >= 11 is 0. The second-order valence-corrected chi connectivity index (χ2v) is 7.69. The van der Waals surface area contributed by atoms with Crippen LogP contribution in [0, 0.1) is 11.6 Å². The Labute approximate surface area is 183 Å². The van der Waals surface area contributed by atoms with E-state index in [4.69, 9.17) is 4.74 Å². The number of halogens is 2. The number of hydrogen-bond acceptors (Lipinski definition) is 3. The maximum absolute atomic E-state index is 14.1. The van der Waals surface area contributed by atoms with Crippen molar-refractivity contribution in [3.8, 4) is 0 Å². The highest BCUT2D eigenvalue weighted by Gasteiger charge is 2.42. The highest BCUT2D eigenvalue weighted by atomic mass is 19.2. The maximum atomic E-state index is 14.1. The van der Waals surface area contributed by atoms with Crippen LogP contribution in [-0.2, 0) is 21.6 Å². The molecule has 1 N–H and O–H groups in total. The number of aromatic carboxylic acids is 1. The second-order valence-electron chi connectivity index (χ2n) is 7.69. The fourth-order valence-electron chi connectivity index (χ4n) is 4.04.